The van der Waals surface area contributed by atoms with Crippen molar-refractivity contribution in [3.05, 3.63) is 30.6 Å². The molecule has 0 bridgehead atoms. The molecule has 1 amide bonds. The zero-order valence-electron chi connectivity index (χ0n) is 15.6. The molecule has 2 aromatic rings. The largest absolute Gasteiger partial charge is 0.478 e. The first-order valence-corrected chi connectivity index (χ1v) is 10.5. The fraction of sp³-hybridized carbons (Fsp3) is 0.444. The summed E-state index contributed by atoms with van der Waals surface area (Å²) in [6.45, 7) is 5.94. The number of carbonyl (C=O) groups excluding carboxylic acids is 1. The van der Waals surface area contributed by atoms with Gasteiger partial charge in [0.2, 0.25) is 0 Å². The summed E-state index contributed by atoms with van der Waals surface area (Å²) < 4.78 is 35.2. The number of hydrogen-bond acceptors (Lipinski definition) is 5. The van der Waals surface area contributed by atoms with Gasteiger partial charge in [-0.1, -0.05) is 13.3 Å². The number of unbranched alkanes of at least 4 members (excludes halogenated alkanes) is 1. The Morgan fingerprint density at radius 3 is 2.81 bits per heavy atom. The van der Waals surface area contributed by atoms with E-state index in [9.17, 15) is 13.2 Å². The van der Waals surface area contributed by atoms with Crippen molar-refractivity contribution >= 4 is 27.3 Å². The van der Waals surface area contributed by atoms with E-state index in [-0.39, 0.29) is 16.8 Å². The molecule has 0 aliphatic carbocycles. The van der Waals surface area contributed by atoms with Gasteiger partial charge in [-0.3, -0.25) is 14.2 Å². The van der Waals surface area contributed by atoms with Crippen LogP contribution in [0.2, 0.25) is 0 Å². The third-order valence-corrected chi connectivity index (χ3v) is 5.66. The second-order valence-corrected chi connectivity index (χ2v) is 8.49. The number of carbonyl (C=O) groups is 1. The molecule has 1 aromatic heterocycles. The minimum atomic E-state index is -3.81. The normalized spacial score (nSPS) is 16.6. The molecule has 1 aliphatic heterocycles. The summed E-state index contributed by atoms with van der Waals surface area (Å²) in [7, 11) is -3.81. The highest BCUT2D eigenvalue weighted by Crippen LogP contribution is 2.33. The van der Waals surface area contributed by atoms with Crippen molar-refractivity contribution in [3.8, 4) is 5.75 Å². The number of anilines is 2. The van der Waals surface area contributed by atoms with Crippen LogP contribution in [0.25, 0.3) is 0 Å². The summed E-state index contributed by atoms with van der Waals surface area (Å²) in [5.74, 6) is 0.221. The molecule has 2 N–H and O–H groups in total. The van der Waals surface area contributed by atoms with Crippen LogP contribution in [0.3, 0.4) is 0 Å². The first-order chi connectivity index (χ1) is 12.8. The molecule has 0 saturated carbocycles. The molecule has 1 aliphatic rings. The van der Waals surface area contributed by atoms with Gasteiger partial charge in [-0.25, -0.2) is 8.42 Å². The van der Waals surface area contributed by atoms with Crippen molar-refractivity contribution in [1.82, 2.24) is 9.78 Å². The van der Waals surface area contributed by atoms with Gasteiger partial charge in [0, 0.05) is 12.2 Å². The van der Waals surface area contributed by atoms with Gasteiger partial charge in [-0.05, 0) is 44.9 Å². The lowest BCUT2D eigenvalue weighted by Gasteiger charge is -2.26. The standard InChI is InChI=1S/C18H24N4O4S/c1-4-5-6-17-18(23)20-15-9-14(7-8-16(15)26-17)27(24,25)21-13-10-19-22(11-13)12(2)3/h7-12,17,21H,4-6H2,1-3H3,(H,20,23)/t17-/m0/s1. The van der Waals surface area contributed by atoms with E-state index in [2.05, 4.69) is 15.1 Å². The van der Waals surface area contributed by atoms with Gasteiger partial charge in [0.15, 0.2) is 6.10 Å². The maximum Gasteiger partial charge on any atom is 0.265 e. The van der Waals surface area contributed by atoms with Crippen LogP contribution in [0.1, 0.15) is 46.1 Å². The van der Waals surface area contributed by atoms with E-state index in [4.69, 9.17) is 4.74 Å². The number of aromatic nitrogens is 2. The number of amides is 1. The fourth-order valence-electron chi connectivity index (χ4n) is 2.76. The quantitative estimate of drug-likeness (QED) is 0.753. The smallest absolute Gasteiger partial charge is 0.265 e. The zero-order valence-corrected chi connectivity index (χ0v) is 16.4. The van der Waals surface area contributed by atoms with Crippen molar-refractivity contribution in [1.29, 1.82) is 0 Å². The number of sulfonamides is 1. The SMILES string of the molecule is CCCC[C@@H]1Oc2ccc(S(=O)(=O)Nc3cnn(C(C)C)c3)cc2NC1=O. The Kier molecular flexibility index (Phi) is 5.41. The number of benzene rings is 1. The average Bonchev–Trinajstić information content (AvgIpc) is 3.07. The minimum Gasteiger partial charge on any atom is -0.478 e. The lowest BCUT2D eigenvalue weighted by Crippen LogP contribution is -2.37. The monoisotopic (exact) mass is 392 g/mol. The van der Waals surface area contributed by atoms with Crippen LogP contribution in [0.5, 0.6) is 5.75 Å². The maximum absolute atomic E-state index is 12.7. The number of ether oxygens (including phenoxy) is 1. The Morgan fingerprint density at radius 2 is 2.15 bits per heavy atom. The number of nitrogens with zero attached hydrogens (tertiary/aromatic N) is 2. The lowest BCUT2D eigenvalue weighted by molar-refractivity contribution is -0.123. The number of nitrogens with one attached hydrogen (secondary N) is 2. The van der Waals surface area contributed by atoms with Crippen molar-refractivity contribution < 1.29 is 17.9 Å². The molecule has 1 atom stereocenters. The van der Waals surface area contributed by atoms with Gasteiger partial charge in [0.05, 0.1) is 22.5 Å². The lowest BCUT2D eigenvalue weighted by atomic mass is 10.1. The Bertz CT molecular complexity index is 937. The molecule has 9 heteroatoms. The Labute approximate surface area is 159 Å². The Morgan fingerprint density at radius 1 is 1.37 bits per heavy atom. The Balaban J connectivity index is 1.79. The molecular formula is C18H24N4O4S. The van der Waals surface area contributed by atoms with Gasteiger partial charge >= 0.3 is 0 Å². The van der Waals surface area contributed by atoms with Crippen LogP contribution < -0.4 is 14.8 Å². The van der Waals surface area contributed by atoms with E-state index in [1.54, 1.807) is 16.9 Å². The highest BCUT2D eigenvalue weighted by atomic mass is 32.2. The summed E-state index contributed by atoms with van der Waals surface area (Å²) in [6.07, 6.45) is 5.02. The molecule has 8 nitrogen and oxygen atoms in total. The summed E-state index contributed by atoms with van der Waals surface area (Å²) in [6, 6.07) is 4.56. The molecule has 146 valence electrons. The maximum atomic E-state index is 12.7. The topological polar surface area (TPSA) is 102 Å². The second-order valence-electron chi connectivity index (χ2n) is 6.80. The molecule has 1 aromatic carbocycles. The summed E-state index contributed by atoms with van der Waals surface area (Å²) in [5, 5.41) is 6.86. The van der Waals surface area contributed by atoms with Crippen LogP contribution in [0.15, 0.2) is 35.5 Å². The van der Waals surface area contributed by atoms with E-state index in [1.807, 2.05) is 20.8 Å². The van der Waals surface area contributed by atoms with Gasteiger partial charge in [-0.15, -0.1) is 0 Å². The van der Waals surface area contributed by atoms with Crippen LogP contribution in [-0.4, -0.2) is 30.2 Å². The number of hydrogen-bond donors (Lipinski definition) is 2. The van der Waals surface area contributed by atoms with Crippen molar-refractivity contribution in [3.63, 3.8) is 0 Å². The van der Waals surface area contributed by atoms with E-state index in [0.717, 1.165) is 12.8 Å². The highest BCUT2D eigenvalue weighted by molar-refractivity contribution is 7.92. The third kappa shape index (κ3) is 4.24. The molecule has 0 radical (unpaired) electrons. The third-order valence-electron chi connectivity index (χ3n) is 4.28. The summed E-state index contributed by atoms with van der Waals surface area (Å²) >= 11 is 0. The highest BCUT2D eigenvalue weighted by Gasteiger charge is 2.28. The zero-order chi connectivity index (χ0) is 19.6. The second kappa shape index (κ2) is 7.59. The summed E-state index contributed by atoms with van der Waals surface area (Å²) in [5.41, 5.74) is 0.731. The summed E-state index contributed by atoms with van der Waals surface area (Å²) in [4.78, 5) is 12.2. The molecule has 2 heterocycles. The van der Waals surface area contributed by atoms with Gasteiger partial charge in [0.25, 0.3) is 15.9 Å². The average molecular weight is 392 g/mol. The molecule has 27 heavy (non-hydrogen) atoms. The molecule has 0 saturated heterocycles. The number of fused-ring (bicyclic) bond motifs is 1. The first-order valence-electron chi connectivity index (χ1n) is 8.98. The van der Waals surface area contributed by atoms with Crippen molar-refractivity contribution in [2.24, 2.45) is 0 Å². The van der Waals surface area contributed by atoms with Crippen LogP contribution in [0, 0.1) is 0 Å². The molecule has 0 spiro atoms. The van der Waals surface area contributed by atoms with Crippen molar-refractivity contribution in [2.75, 3.05) is 10.0 Å². The minimum absolute atomic E-state index is 0.0365. The predicted octanol–water partition coefficient (Wildman–Crippen LogP) is 3.15. The molecule has 0 fully saturated rings. The van der Waals surface area contributed by atoms with Gasteiger partial charge < -0.3 is 10.1 Å². The first kappa shape index (κ1) is 19.2. The predicted molar refractivity (Wildman–Crippen MR) is 102 cm³/mol. The fourth-order valence-corrected chi connectivity index (χ4v) is 3.82. The van der Waals surface area contributed by atoms with Crippen LogP contribution in [-0.2, 0) is 14.8 Å². The Hall–Kier alpha value is -2.55. The molecule has 0 unspecified atom stereocenters. The van der Waals surface area contributed by atoms with Gasteiger partial charge in [0.1, 0.15) is 5.75 Å². The molecule has 3 rings (SSSR count). The van der Waals surface area contributed by atoms with E-state index in [1.165, 1.54) is 18.3 Å². The number of rotatable bonds is 7. The van der Waals surface area contributed by atoms with E-state index >= 15 is 0 Å². The van der Waals surface area contributed by atoms with Crippen LogP contribution in [0.4, 0.5) is 11.4 Å². The van der Waals surface area contributed by atoms with E-state index < -0.39 is 16.1 Å². The van der Waals surface area contributed by atoms with Crippen LogP contribution >= 0.6 is 0 Å². The van der Waals surface area contributed by atoms with E-state index in [0.29, 0.717) is 23.5 Å². The molecular weight excluding hydrogens is 368 g/mol. The van der Waals surface area contributed by atoms with Gasteiger partial charge in [-0.2, -0.15) is 5.10 Å². The van der Waals surface area contributed by atoms with Crippen molar-refractivity contribution in [2.45, 2.75) is 57.1 Å².